The first-order valence-electron chi connectivity index (χ1n) is 11.0. The first-order valence-corrected chi connectivity index (χ1v) is 11.8. The van der Waals surface area contributed by atoms with Crippen LogP contribution in [0.4, 0.5) is 15.8 Å². The van der Waals surface area contributed by atoms with Gasteiger partial charge >= 0.3 is 5.97 Å². The molecule has 1 amide bonds. The first kappa shape index (κ1) is 23.3. The minimum Gasteiger partial charge on any atom is -0.466 e. The standard InChI is InChI=1S/C26H23BrFN3O4/c1-25(2)11-18-20(19(32)12-25)26(14-6-4-5-7-16(14)30-24(26)34)21(23(33)35-3)22(29)31(18)17-9-8-13(27)10-15(17)28/h4-10H,11-12,29H2,1-3H3,(H,30,34). The summed E-state index contributed by atoms with van der Waals surface area (Å²) >= 11 is 3.26. The van der Waals surface area contributed by atoms with Gasteiger partial charge in [0.2, 0.25) is 5.91 Å². The molecule has 1 atom stereocenters. The number of amides is 1. The molecule has 9 heteroatoms. The van der Waals surface area contributed by atoms with Crippen molar-refractivity contribution < 1.29 is 23.5 Å². The molecular weight excluding hydrogens is 517 g/mol. The van der Waals surface area contributed by atoms with Gasteiger partial charge in [-0.3, -0.25) is 14.5 Å². The minimum atomic E-state index is -1.81. The number of para-hydroxylation sites is 1. The van der Waals surface area contributed by atoms with Crippen LogP contribution >= 0.6 is 15.9 Å². The van der Waals surface area contributed by atoms with Crippen molar-refractivity contribution in [3.63, 3.8) is 0 Å². The molecular formula is C26H23BrFN3O4. The highest BCUT2D eigenvalue weighted by atomic mass is 79.9. The highest BCUT2D eigenvalue weighted by Crippen LogP contribution is 2.57. The third kappa shape index (κ3) is 3.17. The Morgan fingerprint density at radius 1 is 1.17 bits per heavy atom. The maximum absolute atomic E-state index is 15.3. The third-order valence-corrected chi connectivity index (χ3v) is 7.32. The number of esters is 1. The molecule has 0 bridgehead atoms. The third-order valence-electron chi connectivity index (χ3n) is 6.83. The maximum Gasteiger partial charge on any atom is 0.339 e. The van der Waals surface area contributed by atoms with E-state index in [2.05, 4.69) is 21.2 Å². The number of Topliss-reactive ketones (excluding diaryl/α,β-unsaturated/α-hetero) is 1. The van der Waals surface area contributed by atoms with Crippen molar-refractivity contribution in [2.24, 2.45) is 11.1 Å². The number of rotatable bonds is 2. The summed E-state index contributed by atoms with van der Waals surface area (Å²) in [6, 6.07) is 11.3. The summed E-state index contributed by atoms with van der Waals surface area (Å²) in [7, 11) is 1.18. The number of nitrogens with zero attached hydrogens (tertiary/aromatic N) is 1. The van der Waals surface area contributed by atoms with Crippen molar-refractivity contribution in [3.05, 3.63) is 81.0 Å². The van der Waals surface area contributed by atoms with Crippen LogP contribution in [0.1, 0.15) is 32.3 Å². The number of anilines is 2. The van der Waals surface area contributed by atoms with E-state index < -0.39 is 28.5 Å². The minimum absolute atomic E-state index is 0.0617. The second-order valence-electron chi connectivity index (χ2n) is 9.70. The van der Waals surface area contributed by atoms with E-state index in [9.17, 15) is 14.4 Å². The fraction of sp³-hybridized carbons (Fsp3) is 0.269. The summed E-state index contributed by atoms with van der Waals surface area (Å²) in [6.45, 7) is 3.85. The molecule has 5 rings (SSSR count). The molecule has 1 spiro atoms. The molecule has 0 saturated heterocycles. The smallest absolute Gasteiger partial charge is 0.339 e. The average molecular weight is 540 g/mol. The molecule has 2 aliphatic heterocycles. The molecule has 2 aromatic carbocycles. The Bertz CT molecular complexity index is 1400. The fourth-order valence-corrected chi connectivity index (χ4v) is 5.86. The number of carbonyl (C=O) groups excluding carboxylic acids is 3. The Hall–Kier alpha value is -3.46. The summed E-state index contributed by atoms with van der Waals surface area (Å²) in [5.41, 5.74) is 5.63. The van der Waals surface area contributed by atoms with Crippen molar-refractivity contribution in [2.75, 3.05) is 17.3 Å². The molecule has 35 heavy (non-hydrogen) atoms. The molecule has 0 radical (unpaired) electrons. The summed E-state index contributed by atoms with van der Waals surface area (Å²) in [6.07, 6.45) is 0.476. The maximum atomic E-state index is 15.3. The Balaban J connectivity index is 1.94. The second kappa shape index (κ2) is 7.78. The van der Waals surface area contributed by atoms with E-state index in [4.69, 9.17) is 10.5 Å². The quantitative estimate of drug-likeness (QED) is 0.552. The van der Waals surface area contributed by atoms with E-state index in [1.807, 2.05) is 13.8 Å². The van der Waals surface area contributed by atoms with Gasteiger partial charge in [0.15, 0.2) is 5.78 Å². The zero-order chi connectivity index (χ0) is 25.3. The number of ether oxygens (including phenoxy) is 1. The topological polar surface area (TPSA) is 102 Å². The van der Waals surface area contributed by atoms with Crippen molar-refractivity contribution in [3.8, 4) is 0 Å². The number of carbonyl (C=O) groups is 3. The van der Waals surface area contributed by atoms with Gasteiger partial charge in [-0.25, -0.2) is 9.18 Å². The summed E-state index contributed by atoms with van der Waals surface area (Å²) in [5, 5.41) is 2.81. The summed E-state index contributed by atoms with van der Waals surface area (Å²) < 4.78 is 20.9. The largest absolute Gasteiger partial charge is 0.466 e. The van der Waals surface area contributed by atoms with E-state index in [0.29, 0.717) is 27.8 Å². The number of benzene rings is 2. The van der Waals surface area contributed by atoms with E-state index in [1.165, 1.54) is 24.1 Å². The van der Waals surface area contributed by atoms with Crippen molar-refractivity contribution in [2.45, 2.75) is 32.1 Å². The van der Waals surface area contributed by atoms with Gasteiger partial charge in [0.1, 0.15) is 22.6 Å². The molecule has 1 aliphatic carbocycles. The van der Waals surface area contributed by atoms with Crippen LogP contribution in [0.15, 0.2) is 69.6 Å². The van der Waals surface area contributed by atoms with Gasteiger partial charge in [-0.2, -0.15) is 0 Å². The number of halogens is 2. The van der Waals surface area contributed by atoms with Crippen LogP contribution in [0.5, 0.6) is 0 Å². The van der Waals surface area contributed by atoms with E-state index in [0.717, 1.165) is 0 Å². The number of ketones is 1. The Morgan fingerprint density at radius 3 is 2.57 bits per heavy atom. The molecule has 2 heterocycles. The highest BCUT2D eigenvalue weighted by molar-refractivity contribution is 9.10. The summed E-state index contributed by atoms with van der Waals surface area (Å²) in [5.74, 6) is -2.52. The van der Waals surface area contributed by atoms with Gasteiger partial charge in [0.25, 0.3) is 0 Å². The summed E-state index contributed by atoms with van der Waals surface area (Å²) in [4.78, 5) is 42.4. The second-order valence-corrected chi connectivity index (χ2v) is 10.6. The number of nitrogens with two attached hydrogens (primary N) is 1. The number of hydrogen-bond acceptors (Lipinski definition) is 6. The van der Waals surface area contributed by atoms with Crippen molar-refractivity contribution in [1.29, 1.82) is 0 Å². The number of hydrogen-bond donors (Lipinski definition) is 2. The number of methoxy groups -OCH3 is 1. The van der Waals surface area contributed by atoms with Gasteiger partial charge in [0.05, 0.1) is 12.8 Å². The average Bonchev–Trinajstić information content (AvgIpc) is 3.06. The molecule has 0 aromatic heterocycles. The first-order chi connectivity index (χ1) is 16.5. The lowest BCUT2D eigenvalue weighted by Gasteiger charge is -2.47. The predicted octanol–water partition coefficient (Wildman–Crippen LogP) is 4.28. The predicted molar refractivity (Wildman–Crippen MR) is 132 cm³/mol. The van der Waals surface area contributed by atoms with Gasteiger partial charge in [-0.05, 0) is 36.1 Å². The lowest BCUT2D eigenvalue weighted by molar-refractivity contribution is -0.138. The zero-order valence-corrected chi connectivity index (χ0v) is 21.0. The van der Waals surface area contributed by atoms with Crippen molar-refractivity contribution in [1.82, 2.24) is 0 Å². The van der Waals surface area contributed by atoms with Crippen LogP contribution in [0, 0.1) is 11.2 Å². The van der Waals surface area contributed by atoms with E-state index >= 15 is 4.39 Å². The Kier molecular flexibility index (Phi) is 5.17. The van der Waals surface area contributed by atoms with Crippen LogP contribution < -0.4 is 16.0 Å². The van der Waals surface area contributed by atoms with Crippen LogP contribution in [0.2, 0.25) is 0 Å². The van der Waals surface area contributed by atoms with Crippen LogP contribution in [0.3, 0.4) is 0 Å². The number of allylic oxidation sites excluding steroid dienone is 1. The number of nitrogens with one attached hydrogen (secondary N) is 1. The lowest BCUT2D eigenvalue weighted by atomic mass is 9.60. The van der Waals surface area contributed by atoms with Crippen molar-refractivity contribution >= 4 is 45.0 Å². The zero-order valence-electron chi connectivity index (χ0n) is 19.4. The molecule has 0 saturated carbocycles. The molecule has 2 aromatic rings. The van der Waals surface area contributed by atoms with Gasteiger partial charge in [-0.15, -0.1) is 0 Å². The molecule has 3 aliphatic rings. The lowest BCUT2D eigenvalue weighted by Crippen LogP contribution is -2.54. The molecule has 1 unspecified atom stereocenters. The highest BCUT2D eigenvalue weighted by Gasteiger charge is 2.63. The Morgan fingerprint density at radius 2 is 1.89 bits per heavy atom. The Labute approximate surface area is 209 Å². The molecule has 0 fully saturated rings. The van der Waals surface area contributed by atoms with E-state index in [-0.39, 0.29) is 34.9 Å². The van der Waals surface area contributed by atoms with Crippen LogP contribution in [-0.2, 0) is 24.5 Å². The van der Waals surface area contributed by atoms with E-state index in [1.54, 1.807) is 30.3 Å². The van der Waals surface area contributed by atoms with Gasteiger partial charge < -0.3 is 15.8 Å². The van der Waals surface area contributed by atoms with Crippen LogP contribution in [0.25, 0.3) is 0 Å². The SMILES string of the molecule is COC(=O)C1=C(N)N(c2ccc(Br)cc2F)C2=C(C(=O)CC(C)(C)C2)C12C(=O)Nc1ccccc12. The normalized spacial score (nSPS) is 22.8. The van der Waals surface area contributed by atoms with Gasteiger partial charge in [-0.1, -0.05) is 48.0 Å². The molecule has 180 valence electrons. The molecule has 7 nitrogen and oxygen atoms in total. The monoisotopic (exact) mass is 539 g/mol. The molecule has 3 N–H and O–H groups in total. The van der Waals surface area contributed by atoms with Crippen LogP contribution in [-0.4, -0.2) is 24.8 Å². The number of fused-ring (bicyclic) bond motifs is 3. The fourth-order valence-electron chi connectivity index (χ4n) is 5.53. The van der Waals surface area contributed by atoms with Gasteiger partial charge in [0, 0.05) is 33.4 Å².